The Morgan fingerprint density at radius 1 is 1.22 bits per heavy atom. The maximum Gasteiger partial charge on any atom is 0.331 e. The van der Waals surface area contributed by atoms with Crippen LogP contribution in [0.4, 0.5) is 0 Å². The van der Waals surface area contributed by atoms with Crippen LogP contribution in [0.15, 0.2) is 48.5 Å². The van der Waals surface area contributed by atoms with Crippen molar-refractivity contribution >= 4 is 12.0 Å². The van der Waals surface area contributed by atoms with Gasteiger partial charge in [-0.2, -0.15) is 5.26 Å². The molecule has 0 fully saturated rings. The van der Waals surface area contributed by atoms with E-state index in [0.717, 1.165) is 5.56 Å². The Kier molecular flexibility index (Phi) is 4.25. The summed E-state index contributed by atoms with van der Waals surface area (Å²) in [6.45, 7) is 0.336. The number of carbonyl (C=O) groups is 1. The van der Waals surface area contributed by atoms with Crippen molar-refractivity contribution in [3.05, 3.63) is 65.2 Å². The Balaban J connectivity index is 1.68. The van der Waals surface area contributed by atoms with Gasteiger partial charge in [0.2, 0.25) is 6.79 Å². The summed E-state index contributed by atoms with van der Waals surface area (Å²) in [4.78, 5) is 11.8. The number of esters is 1. The van der Waals surface area contributed by atoms with Gasteiger partial charge in [0.1, 0.15) is 6.61 Å². The van der Waals surface area contributed by atoms with Gasteiger partial charge in [0.25, 0.3) is 0 Å². The van der Waals surface area contributed by atoms with Crippen molar-refractivity contribution in [2.75, 3.05) is 6.79 Å². The molecular formula is C18H13NO4. The van der Waals surface area contributed by atoms with E-state index in [-0.39, 0.29) is 13.4 Å². The second kappa shape index (κ2) is 6.67. The van der Waals surface area contributed by atoms with Crippen molar-refractivity contribution in [1.82, 2.24) is 0 Å². The summed E-state index contributed by atoms with van der Waals surface area (Å²) >= 11 is 0. The fourth-order valence-corrected chi connectivity index (χ4v) is 2.13. The van der Waals surface area contributed by atoms with Gasteiger partial charge in [-0.1, -0.05) is 30.3 Å². The molecule has 0 amide bonds. The molecule has 3 rings (SSSR count). The maximum absolute atomic E-state index is 11.8. The molecule has 23 heavy (non-hydrogen) atoms. The van der Waals surface area contributed by atoms with Gasteiger partial charge >= 0.3 is 5.97 Å². The highest BCUT2D eigenvalue weighted by atomic mass is 16.7. The van der Waals surface area contributed by atoms with E-state index in [1.54, 1.807) is 12.1 Å². The van der Waals surface area contributed by atoms with E-state index in [2.05, 4.69) is 6.07 Å². The molecular weight excluding hydrogens is 294 g/mol. The Morgan fingerprint density at radius 2 is 1.96 bits per heavy atom. The van der Waals surface area contributed by atoms with Crippen molar-refractivity contribution in [3.8, 4) is 17.6 Å². The van der Waals surface area contributed by atoms with E-state index in [4.69, 9.17) is 14.2 Å². The highest BCUT2D eigenvalue weighted by molar-refractivity contribution is 5.87. The van der Waals surface area contributed by atoms with Crippen molar-refractivity contribution in [2.24, 2.45) is 0 Å². The van der Waals surface area contributed by atoms with Gasteiger partial charge < -0.3 is 14.2 Å². The molecule has 0 radical (unpaired) electrons. The average molecular weight is 307 g/mol. The third kappa shape index (κ3) is 3.50. The molecule has 5 heteroatoms. The van der Waals surface area contributed by atoms with Gasteiger partial charge in [-0.05, 0) is 23.3 Å². The minimum atomic E-state index is -0.476. The average Bonchev–Trinajstić information content (AvgIpc) is 3.05. The molecule has 0 aromatic heterocycles. The van der Waals surface area contributed by atoms with Gasteiger partial charge in [0.05, 0.1) is 11.6 Å². The standard InChI is InChI=1S/C18H13NO4/c19-10-15-9-17-16(22-12-23-17)8-14(15)6-7-18(20)21-11-13-4-2-1-3-5-13/h1-9H,11-12H2/b7-6+. The van der Waals surface area contributed by atoms with Gasteiger partial charge in [0, 0.05) is 12.1 Å². The molecule has 1 aliphatic heterocycles. The molecule has 2 aromatic carbocycles. The smallest absolute Gasteiger partial charge is 0.331 e. The molecule has 0 unspecified atom stereocenters. The lowest BCUT2D eigenvalue weighted by Crippen LogP contribution is -2.00. The minimum absolute atomic E-state index is 0.131. The van der Waals surface area contributed by atoms with Crippen LogP contribution in [-0.2, 0) is 16.1 Å². The van der Waals surface area contributed by atoms with Crippen LogP contribution < -0.4 is 9.47 Å². The fourth-order valence-electron chi connectivity index (χ4n) is 2.13. The number of nitrogens with zero attached hydrogens (tertiary/aromatic N) is 1. The first-order chi connectivity index (χ1) is 11.3. The van der Waals surface area contributed by atoms with Crippen LogP contribution in [0.25, 0.3) is 6.08 Å². The summed E-state index contributed by atoms with van der Waals surface area (Å²) in [6, 6.07) is 14.7. The monoisotopic (exact) mass is 307 g/mol. The Hall–Kier alpha value is -3.26. The number of hydrogen-bond acceptors (Lipinski definition) is 5. The van der Waals surface area contributed by atoms with Gasteiger partial charge in [-0.3, -0.25) is 0 Å². The number of hydrogen-bond donors (Lipinski definition) is 0. The predicted octanol–water partition coefficient (Wildman–Crippen LogP) is 3.04. The molecule has 1 heterocycles. The topological polar surface area (TPSA) is 68.6 Å². The zero-order valence-electron chi connectivity index (χ0n) is 12.2. The third-order valence-corrected chi connectivity index (χ3v) is 3.29. The van der Waals surface area contributed by atoms with Crippen LogP contribution in [0, 0.1) is 11.3 Å². The second-order valence-corrected chi connectivity index (χ2v) is 4.83. The number of rotatable bonds is 4. The lowest BCUT2D eigenvalue weighted by Gasteiger charge is -2.03. The lowest BCUT2D eigenvalue weighted by atomic mass is 10.1. The summed E-state index contributed by atoms with van der Waals surface area (Å²) < 4.78 is 15.6. The Morgan fingerprint density at radius 3 is 2.70 bits per heavy atom. The summed E-state index contributed by atoms with van der Waals surface area (Å²) in [7, 11) is 0. The van der Waals surface area contributed by atoms with Crippen LogP contribution in [0.3, 0.4) is 0 Å². The van der Waals surface area contributed by atoms with E-state index in [1.807, 2.05) is 30.3 Å². The predicted molar refractivity (Wildman–Crippen MR) is 82.6 cm³/mol. The van der Waals surface area contributed by atoms with Crippen molar-refractivity contribution in [1.29, 1.82) is 5.26 Å². The fraction of sp³-hybridized carbons (Fsp3) is 0.111. The summed E-state index contributed by atoms with van der Waals surface area (Å²) in [5, 5.41) is 9.17. The quantitative estimate of drug-likeness (QED) is 0.641. The van der Waals surface area contributed by atoms with Gasteiger partial charge in [0.15, 0.2) is 11.5 Å². The van der Waals surface area contributed by atoms with Gasteiger partial charge in [-0.15, -0.1) is 0 Å². The normalized spacial score (nSPS) is 12.1. The van der Waals surface area contributed by atoms with E-state index in [9.17, 15) is 10.1 Å². The first-order valence-electron chi connectivity index (χ1n) is 6.99. The summed E-state index contributed by atoms with van der Waals surface area (Å²) in [5.41, 5.74) is 1.89. The Bertz CT molecular complexity index is 791. The second-order valence-electron chi connectivity index (χ2n) is 4.83. The van der Waals surface area contributed by atoms with Crippen LogP contribution >= 0.6 is 0 Å². The van der Waals surface area contributed by atoms with E-state index in [0.29, 0.717) is 22.6 Å². The number of nitriles is 1. The molecule has 0 saturated heterocycles. The summed E-state index contributed by atoms with van der Waals surface area (Å²) in [5.74, 6) is 0.613. The molecule has 0 atom stereocenters. The third-order valence-electron chi connectivity index (χ3n) is 3.29. The SMILES string of the molecule is N#Cc1cc2c(cc1/C=C/C(=O)OCc1ccccc1)OCO2. The van der Waals surface area contributed by atoms with Crippen LogP contribution in [0.2, 0.25) is 0 Å². The molecule has 1 aliphatic rings. The zero-order valence-corrected chi connectivity index (χ0v) is 12.2. The Labute approximate surface area is 133 Å². The highest BCUT2D eigenvalue weighted by Crippen LogP contribution is 2.35. The lowest BCUT2D eigenvalue weighted by molar-refractivity contribution is -0.138. The molecule has 114 valence electrons. The number of fused-ring (bicyclic) bond motifs is 1. The highest BCUT2D eigenvalue weighted by Gasteiger charge is 2.16. The largest absolute Gasteiger partial charge is 0.458 e. The minimum Gasteiger partial charge on any atom is -0.458 e. The first kappa shape index (κ1) is 14.7. The number of ether oxygens (including phenoxy) is 3. The first-order valence-corrected chi connectivity index (χ1v) is 6.99. The molecule has 2 aromatic rings. The maximum atomic E-state index is 11.8. The van der Waals surface area contributed by atoms with Crippen LogP contribution in [-0.4, -0.2) is 12.8 Å². The molecule has 0 spiro atoms. The molecule has 0 saturated carbocycles. The number of benzene rings is 2. The van der Waals surface area contributed by atoms with Crippen LogP contribution in [0.1, 0.15) is 16.7 Å². The van der Waals surface area contributed by atoms with Crippen molar-refractivity contribution in [2.45, 2.75) is 6.61 Å². The molecule has 5 nitrogen and oxygen atoms in total. The van der Waals surface area contributed by atoms with Crippen molar-refractivity contribution in [3.63, 3.8) is 0 Å². The van der Waals surface area contributed by atoms with E-state index >= 15 is 0 Å². The van der Waals surface area contributed by atoms with Gasteiger partial charge in [-0.25, -0.2) is 4.79 Å². The molecule has 0 aliphatic carbocycles. The molecule has 0 N–H and O–H groups in total. The summed E-state index contributed by atoms with van der Waals surface area (Å²) in [6.07, 6.45) is 2.83. The van der Waals surface area contributed by atoms with E-state index < -0.39 is 5.97 Å². The van der Waals surface area contributed by atoms with Crippen LogP contribution in [0.5, 0.6) is 11.5 Å². The molecule has 0 bridgehead atoms. The van der Waals surface area contributed by atoms with Crippen molar-refractivity contribution < 1.29 is 19.0 Å². The zero-order chi connectivity index (χ0) is 16.1. The number of carbonyl (C=O) groups excluding carboxylic acids is 1. The van der Waals surface area contributed by atoms with E-state index in [1.165, 1.54) is 12.2 Å².